The third-order valence-electron chi connectivity index (χ3n) is 3.77. The number of hydrogen-bond acceptors (Lipinski definition) is 9. The van der Waals surface area contributed by atoms with Gasteiger partial charge in [-0.15, -0.1) is 10.0 Å². The molecule has 0 saturated carbocycles. The molecule has 0 aromatic rings. The summed E-state index contributed by atoms with van der Waals surface area (Å²) in [6, 6.07) is -1.02. The smallest absolute Gasteiger partial charge is 0.325 e. The van der Waals surface area contributed by atoms with Gasteiger partial charge in [-0.25, -0.2) is 0 Å². The Morgan fingerprint density at radius 2 is 1.96 bits per heavy atom. The Kier molecular flexibility index (Phi) is 8.84. The van der Waals surface area contributed by atoms with Crippen LogP contribution in [0.15, 0.2) is 0 Å². The SMILES string of the molecule is COC(=O)C(CCCCNC1OC(CO)C(O)C(O)C1O)NF. The molecule has 0 radical (unpaired) electrons. The lowest BCUT2D eigenvalue weighted by molar-refractivity contribution is -0.236. The molecule has 10 heteroatoms. The van der Waals surface area contributed by atoms with Crippen molar-refractivity contribution >= 4 is 5.97 Å². The second-order valence-corrected chi connectivity index (χ2v) is 5.38. The van der Waals surface area contributed by atoms with Crippen LogP contribution < -0.4 is 10.9 Å². The standard InChI is InChI=1S/C13H25FN2O7/c1-22-13(21)7(16-14)4-2-3-5-15-12-11(20)10(19)9(18)8(6-17)23-12/h7-12,15-20H,2-6H2,1H3. The number of esters is 1. The quantitative estimate of drug-likeness (QED) is 0.153. The minimum atomic E-state index is -1.43. The Labute approximate surface area is 133 Å². The number of aliphatic hydroxyl groups excluding tert-OH is 4. The molecular weight excluding hydrogens is 315 g/mol. The van der Waals surface area contributed by atoms with Gasteiger partial charge in [0.05, 0.1) is 13.7 Å². The summed E-state index contributed by atoms with van der Waals surface area (Å²) in [5.74, 6) is -0.686. The summed E-state index contributed by atoms with van der Waals surface area (Å²) in [7, 11) is 1.17. The fourth-order valence-corrected chi connectivity index (χ4v) is 2.35. The molecule has 1 aliphatic rings. The third kappa shape index (κ3) is 5.60. The van der Waals surface area contributed by atoms with Crippen LogP contribution in [-0.4, -0.2) is 83.3 Å². The third-order valence-corrected chi connectivity index (χ3v) is 3.77. The van der Waals surface area contributed by atoms with Crippen molar-refractivity contribution in [2.45, 2.75) is 55.9 Å². The zero-order chi connectivity index (χ0) is 17.4. The number of unbranched alkanes of at least 4 members (excludes halogenated alkanes) is 1. The zero-order valence-corrected chi connectivity index (χ0v) is 12.9. The van der Waals surface area contributed by atoms with Crippen LogP contribution in [0.2, 0.25) is 0 Å². The van der Waals surface area contributed by atoms with Gasteiger partial charge in [0.15, 0.2) is 0 Å². The van der Waals surface area contributed by atoms with Gasteiger partial charge < -0.3 is 29.9 Å². The van der Waals surface area contributed by atoms with Crippen molar-refractivity contribution in [3.05, 3.63) is 0 Å². The van der Waals surface area contributed by atoms with Crippen molar-refractivity contribution in [2.24, 2.45) is 0 Å². The van der Waals surface area contributed by atoms with Crippen LogP contribution in [0.3, 0.4) is 0 Å². The Morgan fingerprint density at radius 1 is 1.26 bits per heavy atom. The first-order valence-corrected chi connectivity index (χ1v) is 7.44. The molecule has 1 aliphatic heterocycles. The molecule has 0 aliphatic carbocycles. The van der Waals surface area contributed by atoms with Gasteiger partial charge in [-0.1, -0.05) is 0 Å². The largest absolute Gasteiger partial charge is 0.468 e. The average Bonchev–Trinajstić information content (AvgIpc) is 2.57. The maximum atomic E-state index is 12.4. The van der Waals surface area contributed by atoms with Crippen molar-refractivity contribution in [1.29, 1.82) is 0 Å². The van der Waals surface area contributed by atoms with Gasteiger partial charge >= 0.3 is 5.97 Å². The molecular formula is C13H25FN2O7. The minimum absolute atomic E-state index is 0.236. The molecule has 1 saturated heterocycles. The number of methoxy groups -OCH3 is 1. The molecule has 0 amide bonds. The summed E-state index contributed by atoms with van der Waals surface area (Å²) in [4.78, 5) is 11.2. The molecule has 0 aromatic heterocycles. The van der Waals surface area contributed by atoms with E-state index in [-0.39, 0.29) is 6.42 Å². The number of halogens is 1. The maximum absolute atomic E-state index is 12.4. The lowest BCUT2D eigenvalue weighted by atomic mass is 9.98. The molecule has 6 unspecified atom stereocenters. The second-order valence-electron chi connectivity index (χ2n) is 5.38. The van der Waals surface area contributed by atoms with Crippen molar-refractivity contribution in [3.63, 3.8) is 0 Å². The number of carbonyl (C=O) groups is 1. The summed E-state index contributed by atoms with van der Waals surface area (Å²) in [6.07, 6.45) is -4.80. The van der Waals surface area contributed by atoms with E-state index in [1.54, 1.807) is 0 Å². The number of hydrogen-bond donors (Lipinski definition) is 6. The van der Waals surface area contributed by atoms with Crippen molar-refractivity contribution in [3.8, 4) is 0 Å². The van der Waals surface area contributed by atoms with E-state index in [0.717, 1.165) is 0 Å². The Morgan fingerprint density at radius 3 is 2.52 bits per heavy atom. The van der Waals surface area contributed by atoms with Crippen LogP contribution in [0.5, 0.6) is 0 Å². The Bertz CT molecular complexity index is 361. The molecule has 136 valence electrons. The lowest BCUT2D eigenvalue weighted by Crippen LogP contribution is -2.62. The van der Waals surface area contributed by atoms with E-state index >= 15 is 0 Å². The van der Waals surface area contributed by atoms with Crippen LogP contribution in [0.1, 0.15) is 19.3 Å². The predicted molar refractivity (Wildman–Crippen MR) is 75.7 cm³/mol. The van der Waals surface area contributed by atoms with Crippen LogP contribution in [0.4, 0.5) is 4.48 Å². The second kappa shape index (κ2) is 10.1. The van der Waals surface area contributed by atoms with Crippen molar-refractivity contribution in [2.75, 3.05) is 20.3 Å². The molecule has 0 aromatic carbocycles. The molecule has 0 spiro atoms. The van der Waals surface area contributed by atoms with Crippen LogP contribution in [0, 0.1) is 0 Å². The molecule has 1 heterocycles. The van der Waals surface area contributed by atoms with E-state index in [4.69, 9.17) is 9.84 Å². The first-order valence-electron chi connectivity index (χ1n) is 7.44. The lowest BCUT2D eigenvalue weighted by Gasteiger charge is -2.40. The minimum Gasteiger partial charge on any atom is -0.468 e. The summed E-state index contributed by atoms with van der Waals surface area (Å²) in [6.45, 7) is -0.130. The van der Waals surface area contributed by atoms with Crippen molar-refractivity contribution < 1.29 is 39.2 Å². The van der Waals surface area contributed by atoms with Gasteiger partial charge in [0.1, 0.15) is 36.7 Å². The molecule has 23 heavy (non-hydrogen) atoms. The van der Waals surface area contributed by atoms with Gasteiger partial charge in [0.2, 0.25) is 0 Å². The Balaban J connectivity index is 2.30. The monoisotopic (exact) mass is 340 g/mol. The highest BCUT2D eigenvalue weighted by atomic mass is 19.2. The molecule has 6 atom stereocenters. The summed E-state index contributed by atoms with van der Waals surface area (Å²) < 4.78 is 22.1. The maximum Gasteiger partial charge on any atom is 0.325 e. The fraction of sp³-hybridized carbons (Fsp3) is 0.923. The highest BCUT2D eigenvalue weighted by Gasteiger charge is 2.43. The average molecular weight is 340 g/mol. The Hall–Kier alpha value is -0.880. The molecule has 1 fully saturated rings. The first-order chi connectivity index (χ1) is 11.0. The summed E-state index contributed by atoms with van der Waals surface area (Å²) >= 11 is 0. The number of carbonyl (C=O) groups excluding carboxylic acids is 1. The number of ether oxygens (including phenoxy) is 2. The molecule has 6 N–H and O–H groups in total. The number of nitrogens with one attached hydrogen (secondary N) is 2. The molecule has 1 rings (SSSR count). The van der Waals surface area contributed by atoms with Gasteiger partial charge in [-0.2, -0.15) is 0 Å². The van der Waals surface area contributed by atoms with E-state index in [2.05, 4.69) is 10.1 Å². The summed E-state index contributed by atoms with van der Waals surface area (Å²) in [5.41, 5.74) is 1.38. The van der Waals surface area contributed by atoms with Gasteiger partial charge in [-0.3, -0.25) is 10.1 Å². The van der Waals surface area contributed by atoms with E-state index in [1.807, 2.05) is 0 Å². The predicted octanol–water partition coefficient (Wildman–Crippen LogP) is -2.44. The number of aliphatic hydroxyl groups is 4. The van der Waals surface area contributed by atoms with Gasteiger partial charge in [0.25, 0.3) is 0 Å². The van der Waals surface area contributed by atoms with Crippen molar-refractivity contribution in [1.82, 2.24) is 10.9 Å². The normalized spacial score (nSPS) is 32.5. The molecule has 9 nitrogen and oxygen atoms in total. The summed E-state index contributed by atoms with van der Waals surface area (Å²) in [5, 5.41) is 41.0. The van der Waals surface area contributed by atoms with E-state index in [0.29, 0.717) is 19.4 Å². The van der Waals surface area contributed by atoms with Gasteiger partial charge in [0, 0.05) is 0 Å². The van der Waals surface area contributed by atoms with Gasteiger partial charge in [-0.05, 0) is 25.8 Å². The van der Waals surface area contributed by atoms with Crippen LogP contribution >= 0.6 is 0 Å². The number of rotatable bonds is 9. The highest BCUT2D eigenvalue weighted by molar-refractivity contribution is 5.75. The molecule has 0 bridgehead atoms. The topological polar surface area (TPSA) is 141 Å². The van der Waals surface area contributed by atoms with Crippen LogP contribution in [-0.2, 0) is 14.3 Å². The highest BCUT2D eigenvalue weighted by Crippen LogP contribution is 2.19. The van der Waals surface area contributed by atoms with E-state index in [1.165, 1.54) is 12.6 Å². The van der Waals surface area contributed by atoms with E-state index < -0.39 is 49.3 Å². The van der Waals surface area contributed by atoms with E-state index in [9.17, 15) is 24.6 Å². The fourth-order valence-electron chi connectivity index (χ4n) is 2.35. The first kappa shape index (κ1) is 20.2. The zero-order valence-electron chi connectivity index (χ0n) is 12.9. The van der Waals surface area contributed by atoms with Crippen LogP contribution in [0.25, 0.3) is 0 Å².